The van der Waals surface area contributed by atoms with Crippen LogP contribution in [0.4, 0.5) is 0 Å². The Morgan fingerprint density at radius 2 is 1.94 bits per heavy atom. The highest BCUT2D eigenvalue weighted by Crippen LogP contribution is 2.48. The molecule has 3 aromatic rings. The molecule has 176 valence electrons. The SMILES string of the molecule is CCOC(=O)[C@H](Cc1ccc(-n2c(C)nc3cccnc32)cc1)NC1=CC(=O)C12CCCCC2. The molecule has 34 heavy (non-hydrogen) atoms. The van der Waals surface area contributed by atoms with Gasteiger partial charge in [0.15, 0.2) is 11.4 Å². The zero-order chi connectivity index (χ0) is 23.7. The van der Waals surface area contributed by atoms with Crippen LogP contribution in [0.2, 0.25) is 0 Å². The number of ketones is 1. The molecule has 0 aliphatic heterocycles. The van der Waals surface area contributed by atoms with E-state index in [2.05, 4.69) is 15.3 Å². The summed E-state index contributed by atoms with van der Waals surface area (Å²) in [4.78, 5) is 34.4. The van der Waals surface area contributed by atoms with Crippen molar-refractivity contribution >= 4 is 22.9 Å². The van der Waals surface area contributed by atoms with E-state index in [1.54, 1.807) is 12.3 Å². The van der Waals surface area contributed by atoms with Crippen LogP contribution in [0.15, 0.2) is 54.4 Å². The number of benzene rings is 1. The van der Waals surface area contributed by atoms with E-state index in [1.807, 2.05) is 54.8 Å². The molecule has 2 aromatic heterocycles. The number of nitrogens with zero attached hydrogens (tertiary/aromatic N) is 3. The number of ether oxygens (including phenoxy) is 1. The molecule has 1 spiro atoms. The van der Waals surface area contributed by atoms with Crippen molar-refractivity contribution in [1.29, 1.82) is 0 Å². The fraction of sp³-hybridized carbons (Fsp3) is 0.407. The summed E-state index contributed by atoms with van der Waals surface area (Å²) in [5.74, 6) is 0.767. The number of nitrogens with one attached hydrogen (secondary N) is 1. The Bertz CT molecular complexity index is 1250. The van der Waals surface area contributed by atoms with E-state index in [0.717, 1.165) is 66.0 Å². The quantitative estimate of drug-likeness (QED) is 0.534. The van der Waals surface area contributed by atoms with Crippen molar-refractivity contribution in [1.82, 2.24) is 19.9 Å². The number of hydrogen-bond acceptors (Lipinski definition) is 6. The molecule has 0 bridgehead atoms. The third-order valence-electron chi connectivity index (χ3n) is 7.09. The maximum absolute atomic E-state index is 12.8. The highest BCUT2D eigenvalue weighted by atomic mass is 16.5. The minimum absolute atomic E-state index is 0.193. The van der Waals surface area contributed by atoms with Gasteiger partial charge in [0.1, 0.15) is 17.4 Å². The van der Waals surface area contributed by atoms with Crippen molar-refractivity contribution in [3.63, 3.8) is 0 Å². The summed E-state index contributed by atoms with van der Waals surface area (Å²) < 4.78 is 7.39. The van der Waals surface area contributed by atoms with Gasteiger partial charge in [-0.25, -0.2) is 14.8 Å². The molecule has 1 atom stereocenters. The van der Waals surface area contributed by atoms with Gasteiger partial charge in [-0.3, -0.25) is 9.36 Å². The molecule has 1 saturated carbocycles. The van der Waals surface area contributed by atoms with E-state index in [0.29, 0.717) is 13.0 Å². The van der Waals surface area contributed by atoms with Crippen LogP contribution in [0.3, 0.4) is 0 Å². The van der Waals surface area contributed by atoms with E-state index in [4.69, 9.17) is 4.74 Å². The van der Waals surface area contributed by atoms with Crippen molar-refractivity contribution in [2.45, 2.75) is 58.4 Å². The van der Waals surface area contributed by atoms with Gasteiger partial charge >= 0.3 is 5.97 Å². The number of fused-ring (bicyclic) bond motifs is 1. The minimum atomic E-state index is -0.540. The number of hydrogen-bond donors (Lipinski definition) is 1. The zero-order valence-corrected chi connectivity index (χ0v) is 19.7. The molecular formula is C27H30N4O3. The third kappa shape index (κ3) is 3.89. The lowest BCUT2D eigenvalue weighted by Gasteiger charge is -2.44. The predicted octanol–water partition coefficient (Wildman–Crippen LogP) is 4.21. The Hall–Kier alpha value is -3.48. The van der Waals surface area contributed by atoms with Gasteiger partial charge in [0.2, 0.25) is 0 Å². The number of aromatic nitrogens is 3. The molecule has 0 saturated heterocycles. The van der Waals surface area contributed by atoms with Crippen LogP contribution in [0.25, 0.3) is 16.9 Å². The number of carbonyl (C=O) groups excluding carboxylic acids is 2. The molecule has 2 aliphatic rings. The highest BCUT2D eigenvalue weighted by Gasteiger charge is 2.49. The topological polar surface area (TPSA) is 86.1 Å². The lowest BCUT2D eigenvalue weighted by Crippen LogP contribution is -2.52. The number of aryl methyl sites for hydroxylation is 1. The molecule has 7 heteroatoms. The Morgan fingerprint density at radius 3 is 2.65 bits per heavy atom. The molecule has 1 aromatic carbocycles. The predicted molar refractivity (Wildman–Crippen MR) is 129 cm³/mol. The van der Waals surface area contributed by atoms with Gasteiger partial charge in [0.25, 0.3) is 0 Å². The Morgan fingerprint density at radius 1 is 1.18 bits per heavy atom. The number of imidazole rings is 1. The first kappa shape index (κ1) is 22.3. The largest absolute Gasteiger partial charge is 0.464 e. The van der Waals surface area contributed by atoms with Gasteiger partial charge in [-0.15, -0.1) is 0 Å². The molecule has 1 fully saturated rings. The van der Waals surface area contributed by atoms with Crippen LogP contribution in [0.1, 0.15) is 50.4 Å². The second kappa shape index (κ2) is 9.05. The summed E-state index contributed by atoms with van der Waals surface area (Å²) in [6, 6.07) is 11.4. The summed E-state index contributed by atoms with van der Waals surface area (Å²) >= 11 is 0. The van der Waals surface area contributed by atoms with Crippen molar-refractivity contribution in [2.24, 2.45) is 5.41 Å². The molecule has 2 heterocycles. The first-order valence-electron chi connectivity index (χ1n) is 12.1. The van der Waals surface area contributed by atoms with E-state index in [1.165, 1.54) is 0 Å². The fourth-order valence-corrected chi connectivity index (χ4v) is 5.29. The molecule has 5 rings (SSSR count). The average molecular weight is 459 g/mol. The lowest BCUT2D eigenvalue weighted by atomic mass is 9.62. The third-order valence-corrected chi connectivity index (χ3v) is 7.09. The lowest BCUT2D eigenvalue weighted by molar-refractivity contribution is -0.146. The van der Waals surface area contributed by atoms with Crippen LogP contribution < -0.4 is 5.32 Å². The normalized spacial score (nSPS) is 17.8. The van der Waals surface area contributed by atoms with Gasteiger partial charge in [0, 0.05) is 30.1 Å². The van der Waals surface area contributed by atoms with Crippen LogP contribution in [0.5, 0.6) is 0 Å². The smallest absolute Gasteiger partial charge is 0.328 e. The first-order chi connectivity index (χ1) is 16.5. The Balaban J connectivity index is 1.37. The molecular weight excluding hydrogens is 428 g/mol. The van der Waals surface area contributed by atoms with Gasteiger partial charge in [-0.05, 0) is 56.5 Å². The first-order valence-corrected chi connectivity index (χ1v) is 12.1. The van der Waals surface area contributed by atoms with Crippen molar-refractivity contribution in [3.8, 4) is 5.69 Å². The van der Waals surface area contributed by atoms with E-state index >= 15 is 0 Å². The fourth-order valence-electron chi connectivity index (χ4n) is 5.29. The summed E-state index contributed by atoms with van der Waals surface area (Å²) in [5, 5.41) is 3.39. The summed E-state index contributed by atoms with van der Waals surface area (Å²) in [6.07, 6.45) is 8.90. The van der Waals surface area contributed by atoms with Gasteiger partial charge in [-0.2, -0.15) is 0 Å². The van der Waals surface area contributed by atoms with Gasteiger partial charge in [-0.1, -0.05) is 31.4 Å². The second-order valence-electron chi connectivity index (χ2n) is 9.23. The summed E-state index contributed by atoms with van der Waals surface area (Å²) in [6.45, 7) is 4.09. The van der Waals surface area contributed by atoms with Crippen molar-refractivity contribution < 1.29 is 14.3 Å². The minimum Gasteiger partial charge on any atom is -0.464 e. The second-order valence-corrected chi connectivity index (χ2v) is 9.23. The van der Waals surface area contributed by atoms with Crippen LogP contribution in [0, 0.1) is 12.3 Å². The van der Waals surface area contributed by atoms with Gasteiger partial charge < -0.3 is 10.1 Å². The zero-order valence-electron chi connectivity index (χ0n) is 19.7. The maximum Gasteiger partial charge on any atom is 0.328 e. The molecule has 0 radical (unpaired) electrons. The average Bonchev–Trinajstić information content (AvgIpc) is 3.20. The highest BCUT2D eigenvalue weighted by molar-refractivity contribution is 6.05. The number of esters is 1. The van der Waals surface area contributed by atoms with Gasteiger partial charge in [0.05, 0.1) is 12.0 Å². The Kier molecular flexibility index (Phi) is 5.94. The summed E-state index contributed by atoms with van der Waals surface area (Å²) in [7, 11) is 0. The monoisotopic (exact) mass is 458 g/mol. The molecule has 7 nitrogen and oxygen atoms in total. The molecule has 0 amide bonds. The number of allylic oxidation sites excluding steroid dienone is 2. The van der Waals surface area contributed by atoms with E-state index in [9.17, 15) is 9.59 Å². The molecule has 1 N–H and O–H groups in total. The van der Waals surface area contributed by atoms with Crippen molar-refractivity contribution in [3.05, 3.63) is 65.8 Å². The Labute approximate surface area is 199 Å². The van der Waals surface area contributed by atoms with Crippen LogP contribution >= 0.6 is 0 Å². The van der Waals surface area contributed by atoms with Crippen molar-refractivity contribution in [2.75, 3.05) is 6.61 Å². The number of pyridine rings is 1. The van der Waals surface area contributed by atoms with E-state index < -0.39 is 11.5 Å². The van der Waals surface area contributed by atoms with E-state index in [-0.39, 0.29) is 11.8 Å². The molecule has 2 aliphatic carbocycles. The van der Waals surface area contributed by atoms with Crippen LogP contribution in [-0.2, 0) is 20.7 Å². The summed E-state index contributed by atoms with van der Waals surface area (Å²) in [5.41, 5.74) is 4.14. The maximum atomic E-state index is 12.8. The number of carbonyl (C=O) groups is 2. The number of rotatable bonds is 7. The standard InChI is InChI=1S/C27H30N4O3/c1-3-34-26(33)22(30-23-17-24(32)27(23)13-5-4-6-14-27)16-19-9-11-20(12-10-19)31-18(2)29-21-8-7-15-28-25(21)31/h7-12,15,17,22,30H,3-6,13-14,16H2,1-2H3/t22-/m0/s1. The van der Waals surface area contributed by atoms with Crippen LogP contribution in [-0.4, -0.2) is 38.9 Å². The molecule has 0 unspecified atom stereocenters.